The van der Waals surface area contributed by atoms with E-state index in [0.29, 0.717) is 17.5 Å². The molecule has 166 valence electrons. The minimum atomic E-state index is 0.498. The van der Waals surface area contributed by atoms with Crippen molar-refractivity contribution in [1.82, 2.24) is 9.97 Å². The van der Waals surface area contributed by atoms with Gasteiger partial charge < -0.3 is 4.42 Å². The molecule has 1 aliphatic rings. The van der Waals surface area contributed by atoms with Crippen molar-refractivity contribution in [3.63, 3.8) is 0 Å². The van der Waals surface area contributed by atoms with Crippen molar-refractivity contribution < 1.29 is 4.42 Å². The van der Waals surface area contributed by atoms with Crippen molar-refractivity contribution in [3.05, 3.63) is 71.0 Å². The molecule has 0 aliphatic heterocycles. The quantitative estimate of drug-likeness (QED) is 0.285. The van der Waals surface area contributed by atoms with Gasteiger partial charge in [0.1, 0.15) is 5.58 Å². The number of nitrogens with zero attached hydrogens (tertiary/aromatic N) is 2. The molecule has 3 nitrogen and oxygen atoms in total. The van der Waals surface area contributed by atoms with E-state index in [0.717, 1.165) is 33.3 Å². The summed E-state index contributed by atoms with van der Waals surface area (Å²) in [6.45, 7) is 8.69. The lowest BCUT2D eigenvalue weighted by Crippen LogP contribution is -1.99. The van der Waals surface area contributed by atoms with Crippen LogP contribution in [0.3, 0.4) is 0 Å². The van der Waals surface area contributed by atoms with E-state index in [2.05, 4.69) is 74.4 Å². The summed E-state index contributed by atoms with van der Waals surface area (Å²) in [5.41, 5.74) is 8.61. The zero-order valence-electron chi connectivity index (χ0n) is 19.9. The summed E-state index contributed by atoms with van der Waals surface area (Å²) in [5, 5.41) is 4.76. The summed E-state index contributed by atoms with van der Waals surface area (Å²) in [6, 6.07) is 15.6. The van der Waals surface area contributed by atoms with Gasteiger partial charge in [-0.1, -0.05) is 44.9 Å². The molecule has 0 saturated heterocycles. The van der Waals surface area contributed by atoms with Gasteiger partial charge in [0.25, 0.3) is 0 Å². The number of aryl methyl sites for hydroxylation is 2. The Labute approximate surface area is 194 Å². The van der Waals surface area contributed by atoms with Crippen molar-refractivity contribution in [2.75, 3.05) is 0 Å². The first-order valence-electron chi connectivity index (χ1n) is 12.2. The molecule has 3 aromatic heterocycles. The summed E-state index contributed by atoms with van der Waals surface area (Å²) in [4.78, 5) is 9.74. The van der Waals surface area contributed by atoms with Gasteiger partial charge in [-0.3, -0.25) is 4.98 Å². The molecule has 0 radical (unpaired) electrons. The van der Waals surface area contributed by atoms with Crippen LogP contribution in [0.1, 0.15) is 73.8 Å². The molecular weight excluding hydrogens is 404 g/mol. The van der Waals surface area contributed by atoms with Gasteiger partial charge in [-0.25, -0.2) is 4.98 Å². The van der Waals surface area contributed by atoms with Gasteiger partial charge in [0, 0.05) is 33.6 Å². The summed E-state index contributed by atoms with van der Waals surface area (Å²) >= 11 is 0. The Hall–Kier alpha value is -3.20. The summed E-state index contributed by atoms with van der Waals surface area (Å²) in [7, 11) is 0. The van der Waals surface area contributed by atoms with Crippen molar-refractivity contribution >= 4 is 32.8 Å². The average molecular weight is 435 g/mol. The van der Waals surface area contributed by atoms with Crippen LogP contribution in [-0.4, -0.2) is 9.97 Å². The Morgan fingerprint density at radius 2 is 1.67 bits per heavy atom. The second-order valence-electron chi connectivity index (χ2n) is 10.1. The Balaban J connectivity index is 1.66. The van der Waals surface area contributed by atoms with Crippen LogP contribution in [0.5, 0.6) is 0 Å². The molecule has 0 N–H and O–H groups in total. The maximum Gasteiger partial charge on any atom is 0.227 e. The first-order valence-corrected chi connectivity index (χ1v) is 12.2. The van der Waals surface area contributed by atoms with Crippen LogP contribution in [0.4, 0.5) is 0 Å². The van der Waals surface area contributed by atoms with E-state index in [4.69, 9.17) is 9.40 Å². The second-order valence-corrected chi connectivity index (χ2v) is 10.1. The molecule has 2 aromatic carbocycles. The van der Waals surface area contributed by atoms with Gasteiger partial charge in [-0.05, 0) is 84.9 Å². The summed E-state index contributed by atoms with van der Waals surface area (Å²) in [5.74, 6) is 1.12. The van der Waals surface area contributed by atoms with Crippen LogP contribution in [-0.2, 0) is 0 Å². The molecule has 0 unspecified atom stereocenters. The van der Waals surface area contributed by atoms with E-state index < -0.39 is 0 Å². The average Bonchev–Trinajstić information content (AvgIpc) is 3.45. The predicted molar refractivity (Wildman–Crippen MR) is 137 cm³/mol. The first kappa shape index (κ1) is 20.4. The van der Waals surface area contributed by atoms with Crippen molar-refractivity contribution in [2.45, 2.75) is 65.2 Å². The SMILES string of the molecule is Cc1cc(-c2ncc(C3CCCC3)c3cc(C(C)C)ccc23)c2oc3nc(C)ccc3c2c1. The molecule has 3 heterocycles. The van der Waals surface area contributed by atoms with Crippen LogP contribution in [0.2, 0.25) is 0 Å². The van der Waals surface area contributed by atoms with E-state index in [9.17, 15) is 0 Å². The number of benzene rings is 2. The molecular formula is C30H30N2O. The van der Waals surface area contributed by atoms with Gasteiger partial charge in [0.05, 0.1) is 5.69 Å². The van der Waals surface area contributed by atoms with Crippen LogP contribution < -0.4 is 0 Å². The lowest BCUT2D eigenvalue weighted by atomic mass is 9.89. The van der Waals surface area contributed by atoms with Crippen LogP contribution in [0, 0.1) is 13.8 Å². The first-order chi connectivity index (χ1) is 16.0. The van der Waals surface area contributed by atoms with E-state index in [1.165, 1.54) is 53.1 Å². The molecule has 1 saturated carbocycles. The highest BCUT2D eigenvalue weighted by Gasteiger charge is 2.23. The molecule has 0 bridgehead atoms. The highest BCUT2D eigenvalue weighted by atomic mass is 16.3. The standard InChI is InChI=1S/C30H30N2O/c1-17(2)21-10-12-22-24(15-21)27(20-7-5-6-8-20)16-31-28(22)26-14-18(3)13-25-23-11-9-19(4)32-30(23)33-29(25)26/h9-17,20H,5-8H2,1-4H3. The fraction of sp³-hybridized carbons (Fsp3) is 0.333. The van der Waals surface area contributed by atoms with Crippen molar-refractivity contribution in [3.8, 4) is 11.3 Å². The highest BCUT2D eigenvalue weighted by Crippen LogP contribution is 2.42. The second kappa shape index (κ2) is 7.69. The largest absolute Gasteiger partial charge is 0.437 e. The Morgan fingerprint density at radius 1 is 0.879 bits per heavy atom. The fourth-order valence-corrected chi connectivity index (χ4v) is 5.59. The molecule has 5 aromatic rings. The lowest BCUT2D eigenvalue weighted by molar-refractivity contribution is 0.653. The smallest absolute Gasteiger partial charge is 0.227 e. The minimum Gasteiger partial charge on any atom is -0.437 e. The van der Waals surface area contributed by atoms with Crippen LogP contribution >= 0.6 is 0 Å². The summed E-state index contributed by atoms with van der Waals surface area (Å²) < 4.78 is 6.36. The fourth-order valence-electron chi connectivity index (χ4n) is 5.59. The normalized spacial score (nSPS) is 14.9. The number of rotatable bonds is 3. The monoisotopic (exact) mass is 434 g/mol. The van der Waals surface area contributed by atoms with E-state index in [1.54, 1.807) is 0 Å². The zero-order valence-corrected chi connectivity index (χ0v) is 19.9. The van der Waals surface area contributed by atoms with Crippen molar-refractivity contribution in [2.24, 2.45) is 0 Å². The van der Waals surface area contributed by atoms with Crippen LogP contribution in [0.15, 0.2) is 53.1 Å². The third-order valence-corrected chi connectivity index (χ3v) is 7.38. The minimum absolute atomic E-state index is 0.498. The van der Waals surface area contributed by atoms with Gasteiger partial charge in [0.2, 0.25) is 5.71 Å². The highest BCUT2D eigenvalue weighted by molar-refractivity contribution is 6.11. The maximum absolute atomic E-state index is 6.36. The molecule has 6 rings (SSSR count). The molecule has 0 amide bonds. The van der Waals surface area contributed by atoms with Gasteiger partial charge in [0.15, 0.2) is 0 Å². The van der Waals surface area contributed by atoms with Gasteiger partial charge in [-0.15, -0.1) is 0 Å². The molecule has 0 atom stereocenters. The summed E-state index contributed by atoms with van der Waals surface area (Å²) in [6.07, 6.45) is 7.33. The lowest BCUT2D eigenvalue weighted by Gasteiger charge is -2.17. The van der Waals surface area contributed by atoms with Gasteiger partial charge >= 0.3 is 0 Å². The number of furan rings is 1. The number of hydrogen-bond acceptors (Lipinski definition) is 3. The maximum atomic E-state index is 6.36. The molecule has 0 spiro atoms. The van der Waals surface area contributed by atoms with Gasteiger partial charge in [-0.2, -0.15) is 0 Å². The number of fused-ring (bicyclic) bond motifs is 4. The Bertz CT molecular complexity index is 1520. The number of aromatic nitrogens is 2. The van der Waals surface area contributed by atoms with Crippen molar-refractivity contribution in [1.29, 1.82) is 0 Å². The number of hydrogen-bond donors (Lipinski definition) is 0. The van der Waals surface area contributed by atoms with E-state index in [-0.39, 0.29) is 0 Å². The van der Waals surface area contributed by atoms with Crippen LogP contribution in [0.25, 0.3) is 44.1 Å². The molecule has 3 heteroatoms. The molecule has 1 fully saturated rings. The molecule has 33 heavy (non-hydrogen) atoms. The molecule has 1 aliphatic carbocycles. The van der Waals surface area contributed by atoms with E-state index in [1.807, 2.05) is 6.92 Å². The van der Waals surface area contributed by atoms with E-state index >= 15 is 0 Å². The number of pyridine rings is 2. The topological polar surface area (TPSA) is 38.9 Å². The zero-order chi connectivity index (χ0) is 22.7. The third-order valence-electron chi connectivity index (χ3n) is 7.38. The Kier molecular flexibility index (Phi) is 4.76. The Morgan fingerprint density at radius 3 is 2.45 bits per heavy atom. The predicted octanol–water partition coefficient (Wildman–Crippen LogP) is 8.59. The third kappa shape index (κ3) is 3.33.